The number of hydrogen-bond donors (Lipinski definition) is 0. The van der Waals surface area contributed by atoms with Gasteiger partial charge >= 0.3 is 0 Å². The van der Waals surface area contributed by atoms with Crippen molar-refractivity contribution in [3.8, 4) is 35.2 Å². The van der Waals surface area contributed by atoms with Gasteiger partial charge in [-0.2, -0.15) is 0 Å². The maximum absolute atomic E-state index is 5.95. The number of rotatable bonds is 74. The normalized spacial score (nSPS) is 11.5. The topological polar surface area (TPSA) is 266 Å². The molecule has 0 aliphatic heterocycles. The van der Waals surface area contributed by atoms with Gasteiger partial charge in [0.2, 0.25) is 0 Å². The molecule has 7 rings (SSSR count). The Morgan fingerprint density at radius 2 is 0.377 bits per heavy atom. The molecule has 7 aromatic rings. The van der Waals surface area contributed by atoms with Gasteiger partial charge in [0.05, 0.1) is 326 Å². The van der Waals surface area contributed by atoms with Gasteiger partial charge in [-0.15, -0.1) is 0 Å². The highest BCUT2D eigenvalue weighted by molar-refractivity contribution is 6.24. The van der Waals surface area contributed by atoms with E-state index in [2.05, 4.69) is 47.9 Å². The maximum atomic E-state index is 5.95. The molecule has 114 heavy (non-hydrogen) atoms. The number of para-hydroxylation sites is 2. The maximum Gasteiger partial charge on any atom is 0.119 e. The van der Waals surface area contributed by atoms with Crippen molar-refractivity contribution < 1.29 is 123 Å². The number of fused-ring (bicyclic) bond motifs is 7. The summed E-state index contributed by atoms with van der Waals surface area (Å²) in [5, 5.41) is 3.99. The Morgan fingerprint density at radius 1 is 0.193 bits per heavy atom. The molecule has 0 fully saturated rings. The van der Waals surface area contributed by atoms with Crippen molar-refractivity contribution in [2.45, 2.75) is 0 Å². The van der Waals surface area contributed by atoms with E-state index in [1.165, 1.54) is 0 Å². The zero-order chi connectivity index (χ0) is 79.4. The first-order valence-electron chi connectivity index (χ1n) is 39.4. The fraction of sp³-hybridized carbons (Fsp3) is 0.581. The van der Waals surface area contributed by atoms with Crippen molar-refractivity contribution in [2.24, 2.45) is 0 Å². The van der Waals surface area contributed by atoms with Gasteiger partial charge in [0.1, 0.15) is 24.7 Å². The quantitative estimate of drug-likeness (QED) is 0.0150. The van der Waals surface area contributed by atoms with Crippen LogP contribution in [-0.4, -0.2) is 341 Å². The summed E-state index contributed by atoms with van der Waals surface area (Å²) in [7, 11) is 3.29. The summed E-state index contributed by atoms with van der Waals surface area (Å²) < 4.78 is 144. The van der Waals surface area contributed by atoms with Crippen LogP contribution >= 0.6 is 0 Å². The lowest BCUT2D eigenvalue weighted by molar-refractivity contribution is -0.0282. The highest BCUT2D eigenvalue weighted by Crippen LogP contribution is 2.35. The smallest absolute Gasteiger partial charge is 0.119 e. The van der Waals surface area contributed by atoms with E-state index in [4.69, 9.17) is 133 Å². The van der Waals surface area contributed by atoms with Crippen LogP contribution < -0.4 is 9.47 Å². The van der Waals surface area contributed by atoms with E-state index in [-0.39, 0.29) is 0 Å². The monoisotopic (exact) mass is 1600 g/mol. The minimum Gasteiger partial charge on any atom is -0.491 e. The molecule has 0 radical (unpaired) electrons. The van der Waals surface area contributed by atoms with Crippen molar-refractivity contribution in [1.29, 1.82) is 0 Å². The lowest BCUT2D eigenvalue weighted by atomic mass is 9.96. The first-order valence-corrected chi connectivity index (χ1v) is 39.4. The minimum absolute atomic E-state index is 0.398. The average molecular weight is 1600 g/mol. The van der Waals surface area contributed by atoms with Crippen LogP contribution in [0.15, 0.2) is 109 Å². The van der Waals surface area contributed by atoms with E-state index >= 15 is 0 Å². The third kappa shape index (κ3) is 44.5. The first-order chi connectivity index (χ1) is 56.7. The second-order valence-corrected chi connectivity index (χ2v) is 24.6. The summed E-state index contributed by atoms with van der Waals surface area (Å²) in [4.78, 5) is 10.3. The van der Waals surface area contributed by atoms with Crippen molar-refractivity contribution in [2.75, 3.05) is 331 Å². The van der Waals surface area contributed by atoms with E-state index in [0.717, 1.165) is 77.4 Å². The van der Waals surface area contributed by atoms with E-state index in [0.29, 0.717) is 317 Å². The molecule has 630 valence electrons. The van der Waals surface area contributed by atoms with Gasteiger partial charge in [-0.3, -0.25) is 0 Å². The van der Waals surface area contributed by atoms with Gasteiger partial charge in [0.25, 0.3) is 0 Å². The molecule has 0 aliphatic rings. The fourth-order valence-electron chi connectivity index (χ4n) is 10.4. The predicted octanol–water partition coefficient (Wildman–Crippen LogP) is 8.30. The van der Waals surface area contributed by atoms with Gasteiger partial charge < -0.3 is 123 Å². The summed E-state index contributed by atoms with van der Waals surface area (Å²) in [5.74, 6) is 14.9. The standard InChI is InChI=1S/C86H120N2O26/c1-89-23-25-91-27-29-93-31-33-95-35-37-97-39-41-99-43-45-101-47-49-103-51-53-105-55-57-107-59-61-109-63-65-111-67-69-113-77-17-11-73(12-18-77)7-9-75-15-21-79-81(71-75)82-72-76(16-22-80(82)86-85(79)87-83-5-3-4-6-84(83)88-86)10-8-74-13-19-78(20-14-74)114-70-68-112-66-64-110-62-60-108-58-56-106-54-52-104-50-48-102-46-44-100-42-40-98-38-36-96-34-32-94-30-28-92-26-24-90-2/h3-6,11-22,71-72H,23-70H2,1-2H3. The van der Waals surface area contributed by atoms with E-state index in [1.54, 1.807) is 14.2 Å². The predicted molar refractivity (Wildman–Crippen MR) is 430 cm³/mol. The van der Waals surface area contributed by atoms with Crippen LogP contribution in [0.2, 0.25) is 0 Å². The van der Waals surface area contributed by atoms with Gasteiger partial charge in [0.15, 0.2) is 0 Å². The van der Waals surface area contributed by atoms with E-state index < -0.39 is 0 Å². The Labute approximate surface area is 671 Å². The van der Waals surface area contributed by atoms with E-state index in [1.807, 2.05) is 84.9 Å². The lowest BCUT2D eigenvalue weighted by Crippen LogP contribution is -2.15. The van der Waals surface area contributed by atoms with Crippen LogP contribution in [0.3, 0.4) is 0 Å². The molecule has 0 atom stereocenters. The molecule has 0 bridgehead atoms. The summed E-state index contributed by atoms with van der Waals surface area (Å²) >= 11 is 0. The third-order valence-corrected chi connectivity index (χ3v) is 16.1. The van der Waals surface area contributed by atoms with E-state index in [9.17, 15) is 0 Å². The Morgan fingerprint density at radius 3 is 0.588 bits per heavy atom. The van der Waals surface area contributed by atoms with Crippen LogP contribution in [0.1, 0.15) is 22.3 Å². The second kappa shape index (κ2) is 66.2. The molecule has 0 N–H and O–H groups in total. The Bertz CT molecular complexity index is 3420. The number of hydrogen-bond acceptors (Lipinski definition) is 28. The molecule has 1 aromatic heterocycles. The Hall–Kier alpha value is -6.80. The van der Waals surface area contributed by atoms with Gasteiger partial charge in [-0.05, 0) is 95.7 Å². The highest BCUT2D eigenvalue weighted by atomic mass is 16.6. The molecule has 0 aliphatic carbocycles. The molecule has 28 heteroatoms. The zero-order valence-corrected chi connectivity index (χ0v) is 66.8. The summed E-state index contributed by atoms with van der Waals surface area (Å²) in [5.41, 5.74) is 6.76. The molecule has 1 heterocycles. The molecule has 0 unspecified atom stereocenters. The SMILES string of the molecule is COCCOCCOCCOCCOCCOCCOCCOCCOCCOCCOCCOCCOc1ccc(C#Cc2ccc3c(c2)c2cc(C#Cc4ccc(OCCOCCOCCOCCOCCOCCOCCOCCOCCOCCOCCOCCOC)cc4)ccc2c2nc4ccccc4nc32)cc1. The third-order valence-electron chi connectivity index (χ3n) is 16.1. The molecule has 0 spiro atoms. The Balaban J connectivity index is 0.663. The average Bonchev–Trinajstić information content (AvgIpc) is 0.733. The summed E-state index contributed by atoms with van der Waals surface area (Å²) in [6.07, 6.45) is 0. The lowest BCUT2D eigenvalue weighted by Gasteiger charge is -2.11. The fourth-order valence-corrected chi connectivity index (χ4v) is 10.4. The second-order valence-electron chi connectivity index (χ2n) is 24.6. The highest BCUT2D eigenvalue weighted by Gasteiger charge is 2.14. The number of nitrogens with zero attached hydrogens (tertiary/aromatic N) is 2. The van der Waals surface area contributed by atoms with Crippen molar-refractivity contribution in [1.82, 2.24) is 9.97 Å². The Kier molecular flexibility index (Phi) is 54.8. The molecule has 0 saturated heterocycles. The van der Waals surface area contributed by atoms with Crippen LogP contribution in [0.4, 0.5) is 0 Å². The van der Waals surface area contributed by atoms with Gasteiger partial charge in [0, 0.05) is 47.2 Å². The molecular formula is C86H120N2O26. The number of benzene rings is 6. The van der Waals surface area contributed by atoms with Crippen LogP contribution in [-0.2, 0) is 114 Å². The van der Waals surface area contributed by atoms with Crippen LogP contribution in [0.5, 0.6) is 11.5 Å². The number of ether oxygens (including phenoxy) is 26. The van der Waals surface area contributed by atoms with Crippen molar-refractivity contribution >= 4 is 43.6 Å². The summed E-state index contributed by atoms with van der Waals surface area (Å²) in [6.45, 7) is 23.5. The van der Waals surface area contributed by atoms with Gasteiger partial charge in [-0.25, -0.2) is 9.97 Å². The van der Waals surface area contributed by atoms with Crippen molar-refractivity contribution in [3.05, 3.63) is 131 Å². The molecular weight excluding hydrogens is 1480 g/mol. The molecule has 0 amide bonds. The minimum atomic E-state index is 0.398. The first kappa shape index (κ1) is 94.4. The number of methoxy groups -OCH3 is 2. The molecule has 0 saturated carbocycles. The van der Waals surface area contributed by atoms with Gasteiger partial charge in [-0.1, -0.05) is 47.9 Å². The number of aromatic nitrogens is 2. The van der Waals surface area contributed by atoms with Crippen LogP contribution in [0, 0.1) is 23.7 Å². The van der Waals surface area contributed by atoms with Crippen molar-refractivity contribution in [3.63, 3.8) is 0 Å². The molecule has 6 aromatic carbocycles. The largest absolute Gasteiger partial charge is 0.491 e. The molecule has 28 nitrogen and oxygen atoms in total. The van der Waals surface area contributed by atoms with Crippen LogP contribution in [0.25, 0.3) is 43.6 Å². The summed E-state index contributed by atoms with van der Waals surface area (Å²) in [6, 6.07) is 36.0. The zero-order valence-electron chi connectivity index (χ0n) is 66.8.